The summed E-state index contributed by atoms with van der Waals surface area (Å²) in [5.41, 5.74) is 2.65. The quantitative estimate of drug-likeness (QED) is 0.386. The molecule has 0 aliphatic carbocycles. The predicted octanol–water partition coefficient (Wildman–Crippen LogP) is 5.75. The van der Waals surface area contributed by atoms with Crippen molar-refractivity contribution in [3.8, 4) is 0 Å². The molecule has 5 rings (SSSR count). The molecule has 1 heterocycles. The monoisotopic (exact) mass is 455 g/mol. The van der Waals surface area contributed by atoms with Gasteiger partial charge in [0, 0.05) is 16.6 Å². The van der Waals surface area contributed by atoms with Crippen LogP contribution in [0.5, 0.6) is 0 Å². The van der Waals surface area contributed by atoms with Crippen molar-refractivity contribution < 1.29 is 14.4 Å². The third-order valence-electron chi connectivity index (χ3n) is 5.48. The van der Waals surface area contributed by atoms with Crippen LogP contribution in [-0.4, -0.2) is 17.7 Å². The van der Waals surface area contributed by atoms with E-state index in [9.17, 15) is 14.4 Å². The van der Waals surface area contributed by atoms with E-state index >= 15 is 0 Å². The maximum Gasteiger partial charge on any atom is 0.255 e. The van der Waals surface area contributed by atoms with Crippen LogP contribution in [0.15, 0.2) is 84.9 Å². The standard InChI is InChI=1S/C26H18ClN3O3/c27-20-7-3-4-8-21(20)28-26(33)17-9-12-18(13-10-17)30-22-14-11-16-5-1-2-6-19(16)25(22)29-23(31)15-24(30)32/h1-14H,15H2,(H,28,33)(H,29,31). The number of fused-ring (bicyclic) bond motifs is 3. The average Bonchev–Trinajstić information content (AvgIpc) is 2.95. The van der Waals surface area contributed by atoms with Crippen molar-refractivity contribution in [2.75, 3.05) is 15.5 Å². The molecule has 0 unspecified atom stereocenters. The Morgan fingerprint density at radius 1 is 0.879 bits per heavy atom. The summed E-state index contributed by atoms with van der Waals surface area (Å²) in [7, 11) is 0. The zero-order valence-corrected chi connectivity index (χ0v) is 18.1. The van der Waals surface area contributed by atoms with Gasteiger partial charge in [-0.3, -0.25) is 19.3 Å². The molecule has 4 aromatic carbocycles. The van der Waals surface area contributed by atoms with E-state index in [-0.39, 0.29) is 24.1 Å². The Morgan fingerprint density at radius 2 is 1.61 bits per heavy atom. The van der Waals surface area contributed by atoms with E-state index in [2.05, 4.69) is 10.6 Å². The van der Waals surface area contributed by atoms with Crippen LogP contribution in [0.25, 0.3) is 10.8 Å². The minimum Gasteiger partial charge on any atom is -0.323 e. The highest BCUT2D eigenvalue weighted by atomic mass is 35.5. The second kappa shape index (κ2) is 8.41. The fourth-order valence-electron chi connectivity index (χ4n) is 3.91. The van der Waals surface area contributed by atoms with Gasteiger partial charge in [-0.25, -0.2) is 0 Å². The molecular weight excluding hydrogens is 438 g/mol. The van der Waals surface area contributed by atoms with E-state index in [0.717, 1.165) is 10.8 Å². The molecule has 2 N–H and O–H groups in total. The molecule has 0 saturated heterocycles. The molecule has 0 bridgehead atoms. The van der Waals surface area contributed by atoms with Crippen LogP contribution in [0, 0.1) is 0 Å². The van der Waals surface area contributed by atoms with Gasteiger partial charge >= 0.3 is 0 Å². The van der Waals surface area contributed by atoms with Crippen molar-refractivity contribution in [3.63, 3.8) is 0 Å². The van der Waals surface area contributed by atoms with E-state index in [4.69, 9.17) is 11.6 Å². The zero-order valence-electron chi connectivity index (χ0n) is 17.3. The molecule has 4 aromatic rings. The van der Waals surface area contributed by atoms with Gasteiger partial charge < -0.3 is 10.6 Å². The first kappa shape index (κ1) is 20.7. The van der Waals surface area contributed by atoms with Gasteiger partial charge in [0.2, 0.25) is 11.8 Å². The SMILES string of the molecule is O=C1CC(=O)N(c2ccc(C(=O)Nc3ccccc3Cl)cc2)c2ccc3ccccc3c2N1. The van der Waals surface area contributed by atoms with E-state index in [1.165, 1.54) is 4.90 Å². The lowest BCUT2D eigenvalue weighted by Crippen LogP contribution is -2.26. The Labute approximate surface area is 194 Å². The summed E-state index contributed by atoms with van der Waals surface area (Å²) < 4.78 is 0. The molecular formula is C26H18ClN3O3. The number of benzene rings is 4. The van der Waals surface area contributed by atoms with Gasteiger partial charge in [0.25, 0.3) is 5.91 Å². The van der Waals surface area contributed by atoms with Gasteiger partial charge in [-0.1, -0.05) is 54.1 Å². The smallest absolute Gasteiger partial charge is 0.255 e. The lowest BCUT2D eigenvalue weighted by molar-refractivity contribution is -0.124. The molecule has 0 saturated carbocycles. The van der Waals surface area contributed by atoms with E-state index in [1.807, 2.05) is 36.4 Å². The topological polar surface area (TPSA) is 78.5 Å². The van der Waals surface area contributed by atoms with E-state index < -0.39 is 0 Å². The highest BCUT2D eigenvalue weighted by Crippen LogP contribution is 2.40. The van der Waals surface area contributed by atoms with Crippen molar-refractivity contribution >= 4 is 62.8 Å². The second-order valence-corrected chi connectivity index (χ2v) is 8.02. The Balaban J connectivity index is 1.51. The Kier molecular flexibility index (Phi) is 5.28. The fourth-order valence-corrected chi connectivity index (χ4v) is 4.10. The summed E-state index contributed by atoms with van der Waals surface area (Å²) in [5, 5.41) is 7.90. The summed E-state index contributed by atoms with van der Waals surface area (Å²) >= 11 is 6.12. The molecule has 0 aromatic heterocycles. The molecule has 33 heavy (non-hydrogen) atoms. The Hall–Kier alpha value is -4.16. The summed E-state index contributed by atoms with van der Waals surface area (Å²) in [6.07, 6.45) is -0.280. The molecule has 0 atom stereocenters. The first-order chi connectivity index (χ1) is 16.0. The molecule has 3 amide bonds. The summed E-state index contributed by atoms with van der Waals surface area (Å²) in [6, 6.07) is 25.0. The van der Waals surface area contributed by atoms with Crippen LogP contribution in [0.2, 0.25) is 5.02 Å². The minimum absolute atomic E-state index is 0.280. The van der Waals surface area contributed by atoms with Crippen molar-refractivity contribution in [1.29, 1.82) is 0 Å². The third kappa shape index (κ3) is 3.92. The Morgan fingerprint density at radius 3 is 2.39 bits per heavy atom. The summed E-state index contributed by atoms with van der Waals surface area (Å²) in [5.74, 6) is -1.04. The van der Waals surface area contributed by atoms with E-state index in [0.29, 0.717) is 33.3 Å². The predicted molar refractivity (Wildman–Crippen MR) is 130 cm³/mol. The largest absolute Gasteiger partial charge is 0.323 e. The number of halogens is 1. The molecule has 1 aliphatic rings. The number of anilines is 4. The normalized spacial score (nSPS) is 13.3. The molecule has 162 valence electrons. The molecule has 1 aliphatic heterocycles. The van der Waals surface area contributed by atoms with Crippen molar-refractivity contribution in [2.24, 2.45) is 0 Å². The highest BCUT2D eigenvalue weighted by molar-refractivity contribution is 6.34. The average molecular weight is 456 g/mol. The Bertz CT molecular complexity index is 1420. The lowest BCUT2D eigenvalue weighted by Gasteiger charge is -2.23. The maximum atomic E-state index is 13.0. The number of nitrogens with one attached hydrogen (secondary N) is 2. The third-order valence-corrected chi connectivity index (χ3v) is 5.81. The van der Waals surface area contributed by atoms with Crippen molar-refractivity contribution in [3.05, 3.63) is 95.5 Å². The number of carbonyl (C=O) groups is 3. The minimum atomic E-state index is -0.365. The number of nitrogens with zero attached hydrogens (tertiary/aromatic N) is 1. The zero-order chi connectivity index (χ0) is 22.9. The first-order valence-electron chi connectivity index (χ1n) is 10.3. The maximum absolute atomic E-state index is 13.0. The number of para-hydroxylation sites is 1. The molecule has 6 nitrogen and oxygen atoms in total. The van der Waals surface area contributed by atoms with E-state index in [1.54, 1.807) is 48.5 Å². The van der Waals surface area contributed by atoms with Gasteiger partial charge in [0.15, 0.2) is 0 Å². The van der Waals surface area contributed by atoms with Crippen LogP contribution < -0.4 is 15.5 Å². The highest BCUT2D eigenvalue weighted by Gasteiger charge is 2.28. The van der Waals surface area contributed by atoms with Crippen LogP contribution >= 0.6 is 11.6 Å². The van der Waals surface area contributed by atoms with Gasteiger partial charge in [0.1, 0.15) is 6.42 Å². The van der Waals surface area contributed by atoms with Gasteiger partial charge in [0.05, 0.1) is 22.1 Å². The van der Waals surface area contributed by atoms with Gasteiger partial charge in [-0.15, -0.1) is 0 Å². The summed E-state index contributed by atoms with van der Waals surface area (Å²) in [6.45, 7) is 0. The van der Waals surface area contributed by atoms with Crippen LogP contribution in [0.3, 0.4) is 0 Å². The molecule has 7 heteroatoms. The molecule has 0 radical (unpaired) electrons. The van der Waals surface area contributed by atoms with Crippen molar-refractivity contribution in [2.45, 2.75) is 6.42 Å². The van der Waals surface area contributed by atoms with Crippen LogP contribution in [-0.2, 0) is 9.59 Å². The lowest BCUT2D eigenvalue weighted by atomic mass is 10.1. The van der Waals surface area contributed by atoms with Crippen LogP contribution in [0.1, 0.15) is 16.8 Å². The summed E-state index contributed by atoms with van der Waals surface area (Å²) in [4.78, 5) is 39.6. The molecule has 0 fully saturated rings. The number of hydrogen-bond donors (Lipinski definition) is 2. The van der Waals surface area contributed by atoms with Gasteiger partial charge in [-0.2, -0.15) is 0 Å². The number of hydrogen-bond acceptors (Lipinski definition) is 3. The second-order valence-electron chi connectivity index (χ2n) is 7.62. The van der Waals surface area contributed by atoms with Gasteiger partial charge in [-0.05, 0) is 47.9 Å². The number of rotatable bonds is 3. The fraction of sp³-hybridized carbons (Fsp3) is 0.0385. The molecule has 0 spiro atoms. The number of amides is 3. The first-order valence-corrected chi connectivity index (χ1v) is 10.7. The van der Waals surface area contributed by atoms with Crippen molar-refractivity contribution in [1.82, 2.24) is 0 Å². The van der Waals surface area contributed by atoms with Crippen LogP contribution in [0.4, 0.5) is 22.7 Å². The number of carbonyl (C=O) groups excluding carboxylic acids is 3.